The Balaban J connectivity index is 0. The minimum atomic E-state index is 0. The summed E-state index contributed by atoms with van der Waals surface area (Å²) in [6, 6.07) is 0. The van der Waals surface area contributed by atoms with Gasteiger partial charge in [-0.1, -0.05) is 0 Å². The Morgan fingerprint density at radius 1 is 1.75 bits per heavy atom. The molecular formula is CH3MoNiS. The second-order valence-electron chi connectivity index (χ2n) is 0.167. The molecular weight excluding hydrogens is 199 g/mol. The van der Waals surface area contributed by atoms with Crippen molar-refractivity contribution >= 4 is 9.82 Å². The SMILES string of the molecule is [CH3][Mo]=[S].[Ni]. The molecule has 0 heterocycles. The molecule has 0 N–H and O–H groups in total. The molecule has 0 aliphatic rings. The van der Waals surface area contributed by atoms with Gasteiger partial charge in [0.25, 0.3) is 0 Å². The van der Waals surface area contributed by atoms with Crippen molar-refractivity contribution in [2.75, 3.05) is 0 Å². The molecule has 0 radical (unpaired) electrons. The van der Waals surface area contributed by atoms with Crippen LogP contribution >= 0.6 is 9.82 Å². The molecule has 0 aromatic heterocycles. The van der Waals surface area contributed by atoms with E-state index in [1.165, 1.54) is 0 Å². The largest absolute Gasteiger partial charge is 0 e. The fraction of sp³-hybridized carbons (Fsp3) is 1.00. The minimum absolute atomic E-state index is 0. The summed E-state index contributed by atoms with van der Waals surface area (Å²) in [6.45, 7) is 0. The van der Waals surface area contributed by atoms with Crippen LogP contribution in [0.4, 0.5) is 0 Å². The van der Waals surface area contributed by atoms with E-state index < -0.39 is 0 Å². The van der Waals surface area contributed by atoms with Gasteiger partial charge in [0.15, 0.2) is 0 Å². The number of rotatable bonds is 0. The monoisotopic (exact) mass is 203 g/mol. The van der Waals surface area contributed by atoms with E-state index in [4.69, 9.17) is 0 Å². The van der Waals surface area contributed by atoms with Gasteiger partial charge in [0.05, 0.1) is 0 Å². The fourth-order valence-electron chi connectivity index (χ4n) is 0. The Kier molecular flexibility index (Phi) is 20.0. The van der Waals surface area contributed by atoms with E-state index in [0.29, 0.717) is 0 Å². The Bertz CT molecular complexity index is 15.5. The zero-order valence-electron chi connectivity index (χ0n) is 2.13. The minimum Gasteiger partial charge on any atom is 0 e. The van der Waals surface area contributed by atoms with Crippen LogP contribution in [0.2, 0.25) is 5.31 Å². The summed E-state index contributed by atoms with van der Waals surface area (Å²) >= 11 is 0.0533. The molecule has 0 aliphatic heterocycles. The van der Waals surface area contributed by atoms with Gasteiger partial charge in [-0.2, -0.15) is 0 Å². The molecule has 0 aromatic carbocycles. The van der Waals surface area contributed by atoms with Crippen LogP contribution in [0.15, 0.2) is 0 Å². The zero-order valence-corrected chi connectivity index (χ0v) is 5.94. The molecule has 0 amide bonds. The predicted octanol–water partition coefficient (Wildman–Crippen LogP) is 1.23. The average molecular weight is 202 g/mol. The molecule has 0 aromatic rings. The second-order valence-corrected chi connectivity index (χ2v) is 2.96. The number of hydrogen-bond donors (Lipinski definition) is 0. The molecule has 0 nitrogen and oxygen atoms in total. The molecule has 0 atom stereocenters. The molecule has 0 bridgehead atoms. The Morgan fingerprint density at radius 2 is 1.75 bits per heavy atom. The molecule has 0 saturated heterocycles. The normalized spacial score (nSPS) is 3.25. The van der Waals surface area contributed by atoms with Gasteiger partial charge in [0, 0.05) is 16.5 Å². The van der Waals surface area contributed by atoms with Crippen molar-refractivity contribution in [3.05, 3.63) is 0 Å². The van der Waals surface area contributed by atoms with Crippen LogP contribution < -0.4 is 0 Å². The molecule has 4 heavy (non-hydrogen) atoms. The molecule has 0 spiro atoms. The van der Waals surface area contributed by atoms with E-state index in [1.54, 1.807) is 0 Å². The first kappa shape index (κ1) is 9.04. The third kappa shape index (κ3) is 9.99. The van der Waals surface area contributed by atoms with Crippen molar-refractivity contribution < 1.29 is 33.2 Å². The fourth-order valence-corrected chi connectivity index (χ4v) is 0. The van der Waals surface area contributed by atoms with Gasteiger partial charge in [-0.3, -0.25) is 0 Å². The van der Waals surface area contributed by atoms with Crippen LogP contribution in [0.25, 0.3) is 0 Å². The summed E-state index contributed by atoms with van der Waals surface area (Å²) in [5, 5.41) is 2.07. The van der Waals surface area contributed by atoms with E-state index >= 15 is 0 Å². The molecule has 0 rings (SSSR count). The third-order valence-corrected chi connectivity index (χ3v) is 0. The standard InChI is InChI=1S/CH3.Mo.Ni.S/h1H3;;;. The smallest absolute Gasteiger partial charge is 0 e. The van der Waals surface area contributed by atoms with Gasteiger partial charge in [-0.05, 0) is 0 Å². The van der Waals surface area contributed by atoms with Crippen molar-refractivity contribution in [1.29, 1.82) is 0 Å². The zero-order chi connectivity index (χ0) is 2.71. The van der Waals surface area contributed by atoms with Crippen LogP contribution in [0, 0.1) is 0 Å². The topological polar surface area (TPSA) is 0 Å². The predicted molar refractivity (Wildman–Crippen MR) is 13.5 cm³/mol. The van der Waals surface area contributed by atoms with Crippen molar-refractivity contribution in [1.82, 2.24) is 0 Å². The van der Waals surface area contributed by atoms with Crippen molar-refractivity contribution in [2.24, 2.45) is 0 Å². The maximum atomic E-state index is 4.52. The van der Waals surface area contributed by atoms with Gasteiger partial charge in [0.1, 0.15) is 0 Å². The third-order valence-electron chi connectivity index (χ3n) is 0. The summed E-state index contributed by atoms with van der Waals surface area (Å²) in [6.07, 6.45) is 0. The van der Waals surface area contributed by atoms with E-state index in [-0.39, 0.29) is 33.2 Å². The molecule has 29 valence electrons. The van der Waals surface area contributed by atoms with E-state index in [0.717, 1.165) is 0 Å². The van der Waals surface area contributed by atoms with Gasteiger partial charge in [-0.25, -0.2) is 0 Å². The van der Waals surface area contributed by atoms with Crippen LogP contribution in [0.5, 0.6) is 0 Å². The summed E-state index contributed by atoms with van der Waals surface area (Å²) in [5.74, 6) is 0. The average Bonchev–Trinajstić information content (AvgIpc) is 0.918. The van der Waals surface area contributed by atoms with Crippen LogP contribution in [0.3, 0.4) is 0 Å². The molecule has 3 heteroatoms. The summed E-state index contributed by atoms with van der Waals surface area (Å²) in [4.78, 5) is 0. The van der Waals surface area contributed by atoms with Gasteiger partial charge in [-0.15, -0.1) is 0 Å². The second kappa shape index (κ2) is 8.83. The summed E-state index contributed by atoms with van der Waals surface area (Å²) in [5.41, 5.74) is 0. The van der Waals surface area contributed by atoms with Crippen LogP contribution in [-0.2, 0) is 33.2 Å². The van der Waals surface area contributed by atoms with Crippen LogP contribution in [-0.4, -0.2) is 0 Å². The first-order chi connectivity index (χ1) is 1.41. The molecule has 0 saturated carbocycles. The summed E-state index contributed by atoms with van der Waals surface area (Å²) in [7, 11) is 4.52. The first-order valence-electron chi connectivity index (χ1n) is 0.575. The summed E-state index contributed by atoms with van der Waals surface area (Å²) < 4.78 is 0. The van der Waals surface area contributed by atoms with Crippen molar-refractivity contribution in [3.8, 4) is 0 Å². The molecule has 0 unspecified atom stereocenters. The van der Waals surface area contributed by atoms with E-state index in [1.807, 2.05) is 0 Å². The van der Waals surface area contributed by atoms with Gasteiger partial charge < -0.3 is 0 Å². The van der Waals surface area contributed by atoms with E-state index in [9.17, 15) is 0 Å². The van der Waals surface area contributed by atoms with E-state index in [2.05, 4.69) is 15.1 Å². The quantitative estimate of drug-likeness (QED) is 0.532. The van der Waals surface area contributed by atoms with Crippen molar-refractivity contribution in [3.63, 3.8) is 0 Å². The Morgan fingerprint density at radius 3 is 1.75 bits per heavy atom. The van der Waals surface area contributed by atoms with Gasteiger partial charge in [0.2, 0.25) is 0 Å². The first-order valence-corrected chi connectivity index (χ1v) is 5.37. The Labute approximate surface area is 48.3 Å². The van der Waals surface area contributed by atoms with Crippen molar-refractivity contribution in [2.45, 2.75) is 5.31 Å². The van der Waals surface area contributed by atoms with Crippen LogP contribution in [0.1, 0.15) is 0 Å². The molecule has 0 fully saturated rings. The maximum Gasteiger partial charge on any atom is 0 e. The Hall–Kier alpha value is 1.40. The molecule has 0 aliphatic carbocycles. The van der Waals surface area contributed by atoms with Gasteiger partial charge >= 0.3 is 31.9 Å². The maximum absolute atomic E-state index is 4.52. The number of hydrogen-bond acceptors (Lipinski definition) is 1.